The van der Waals surface area contributed by atoms with Crippen LogP contribution in [0.3, 0.4) is 0 Å². The molecule has 0 aromatic heterocycles. The van der Waals surface area contributed by atoms with Crippen LogP contribution < -0.4 is 4.83 Å². The predicted octanol–water partition coefficient (Wildman–Crippen LogP) is 5.58. The minimum Gasteiger partial charge on any atom is -0.200 e. The highest BCUT2D eigenvalue weighted by Crippen LogP contribution is 2.20. The highest BCUT2D eigenvalue weighted by atomic mass is 32.2. The second-order valence-electron chi connectivity index (χ2n) is 7.49. The smallest absolute Gasteiger partial charge is 0.200 e. The van der Waals surface area contributed by atoms with E-state index in [1.54, 1.807) is 24.3 Å². The van der Waals surface area contributed by atoms with Crippen LogP contribution in [0.1, 0.15) is 38.3 Å². The number of rotatable bonds is 6. The Bertz CT molecular complexity index is 1190. The van der Waals surface area contributed by atoms with Gasteiger partial charge in [0, 0.05) is 6.42 Å². The molecule has 5 heteroatoms. The van der Waals surface area contributed by atoms with Crippen molar-refractivity contribution < 1.29 is 8.42 Å². The van der Waals surface area contributed by atoms with Crippen molar-refractivity contribution in [1.82, 2.24) is 4.83 Å². The van der Waals surface area contributed by atoms with Crippen molar-refractivity contribution in [2.75, 3.05) is 0 Å². The van der Waals surface area contributed by atoms with Crippen molar-refractivity contribution >= 4 is 26.5 Å². The molecule has 4 nitrogen and oxygen atoms in total. The largest absolute Gasteiger partial charge is 0.276 e. The summed E-state index contributed by atoms with van der Waals surface area (Å²) >= 11 is 0. The van der Waals surface area contributed by atoms with Gasteiger partial charge in [-0.2, -0.15) is 18.4 Å². The molecule has 1 N–H and O–H groups in total. The van der Waals surface area contributed by atoms with Gasteiger partial charge >= 0.3 is 0 Å². The fraction of sp³-hybridized carbons (Fsp3) is 0.208. The molecule has 3 rings (SSSR count). The van der Waals surface area contributed by atoms with Gasteiger partial charge in [0.15, 0.2) is 0 Å². The van der Waals surface area contributed by atoms with Crippen LogP contribution in [-0.4, -0.2) is 14.1 Å². The summed E-state index contributed by atoms with van der Waals surface area (Å²) < 4.78 is 25.4. The van der Waals surface area contributed by atoms with E-state index in [9.17, 15) is 8.42 Å². The van der Waals surface area contributed by atoms with Gasteiger partial charge in [0.25, 0.3) is 10.0 Å². The van der Waals surface area contributed by atoms with Crippen LogP contribution in [0.4, 0.5) is 0 Å². The maximum Gasteiger partial charge on any atom is 0.276 e. The monoisotopic (exact) mass is 406 g/mol. The Labute approximate surface area is 173 Å². The van der Waals surface area contributed by atoms with Crippen LogP contribution in [0.5, 0.6) is 0 Å². The Kier molecular flexibility index (Phi) is 6.18. The first kappa shape index (κ1) is 20.8. The zero-order valence-electron chi connectivity index (χ0n) is 17.2. The highest BCUT2D eigenvalue weighted by Gasteiger charge is 2.14. The number of aryl methyl sites for hydroxylation is 1. The van der Waals surface area contributed by atoms with Crippen molar-refractivity contribution in [3.8, 4) is 0 Å². The number of nitrogens with one attached hydrogen (secondary N) is 1. The number of hydrogen-bond acceptors (Lipinski definition) is 3. The van der Waals surface area contributed by atoms with E-state index >= 15 is 0 Å². The molecule has 29 heavy (non-hydrogen) atoms. The Morgan fingerprint density at radius 3 is 2.21 bits per heavy atom. The van der Waals surface area contributed by atoms with Crippen LogP contribution >= 0.6 is 0 Å². The SMILES string of the molecule is CC(C)=C(C)C/C(=N\NS(=O)(=O)c1ccc(C)cc1)c1ccc2ccccc2c1. The molecule has 0 saturated carbocycles. The van der Waals surface area contributed by atoms with Crippen LogP contribution in [0.15, 0.2) is 87.9 Å². The molecule has 150 valence electrons. The van der Waals surface area contributed by atoms with E-state index in [2.05, 4.69) is 16.0 Å². The molecule has 0 spiro atoms. The Morgan fingerprint density at radius 2 is 1.55 bits per heavy atom. The number of sulfonamides is 1. The zero-order chi connectivity index (χ0) is 21.0. The van der Waals surface area contributed by atoms with Gasteiger partial charge in [-0.1, -0.05) is 65.2 Å². The van der Waals surface area contributed by atoms with Crippen LogP contribution in [0, 0.1) is 6.92 Å². The number of nitrogens with zero attached hydrogens (tertiary/aromatic N) is 1. The first-order valence-corrected chi connectivity index (χ1v) is 11.0. The maximum absolute atomic E-state index is 12.7. The van der Waals surface area contributed by atoms with E-state index in [4.69, 9.17) is 0 Å². The van der Waals surface area contributed by atoms with E-state index in [1.807, 2.05) is 64.1 Å². The lowest BCUT2D eigenvalue weighted by Gasteiger charge is -2.11. The van der Waals surface area contributed by atoms with E-state index in [1.165, 1.54) is 5.57 Å². The number of benzene rings is 3. The summed E-state index contributed by atoms with van der Waals surface area (Å²) in [6.07, 6.45) is 0.567. The normalized spacial score (nSPS) is 12.1. The average molecular weight is 407 g/mol. The van der Waals surface area contributed by atoms with Gasteiger partial charge in [0.05, 0.1) is 10.6 Å². The molecule has 0 bridgehead atoms. The third kappa shape index (κ3) is 5.12. The molecule has 0 amide bonds. The first-order valence-electron chi connectivity index (χ1n) is 9.53. The van der Waals surface area contributed by atoms with Gasteiger partial charge in [0.2, 0.25) is 0 Å². The van der Waals surface area contributed by atoms with Crippen molar-refractivity contribution in [2.45, 2.75) is 39.0 Å². The lowest BCUT2D eigenvalue weighted by molar-refractivity contribution is 0.584. The van der Waals surface area contributed by atoms with Crippen molar-refractivity contribution in [2.24, 2.45) is 5.10 Å². The number of hydrazone groups is 1. The molecule has 0 radical (unpaired) electrons. The lowest BCUT2D eigenvalue weighted by Crippen LogP contribution is -2.21. The molecule has 3 aromatic rings. The van der Waals surface area contributed by atoms with E-state index < -0.39 is 10.0 Å². The van der Waals surface area contributed by atoms with Gasteiger partial charge in [-0.15, -0.1) is 0 Å². The number of hydrogen-bond donors (Lipinski definition) is 1. The second-order valence-corrected chi connectivity index (χ2v) is 9.15. The Balaban J connectivity index is 2.00. The third-order valence-electron chi connectivity index (χ3n) is 5.00. The highest BCUT2D eigenvalue weighted by molar-refractivity contribution is 7.89. The summed E-state index contributed by atoms with van der Waals surface area (Å²) in [6, 6.07) is 20.9. The fourth-order valence-electron chi connectivity index (χ4n) is 2.89. The topological polar surface area (TPSA) is 58.5 Å². The molecule has 0 aliphatic heterocycles. The summed E-state index contributed by atoms with van der Waals surface area (Å²) in [7, 11) is -3.73. The molecule has 0 aliphatic carbocycles. The minimum absolute atomic E-state index is 0.198. The number of fused-ring (bicyclic) bond motifs is 1. The summed E-state index contributed by atoms with van der Waals surface area (Å²) in [6.45, 7) is 8.05. The van der Waals surface area contributed by atoms with Crippen LogP contribution in [-0.2, 0) is 10.0 Å². The second kappa shape index (κ2) is 8.62. The molecular formula is C24H26N2O2S. The first-order chi connectivity index (χ1) is 13.8. The van der Waals surface area contributed by atoms with Crippen LogP contribution in [0.2, 0.25) is 0 Å². The maximum atomic E-state index is 12.7. The van der Waals surface area contributed by atoms with Crippen molar-refractivity contribution in [3.63, 3.8) is 0 Å². The Morgan fingerprint density at radius 1 is 0.897 bits per heavy atom. The van der Waals surface area contributed by atoms with E-state index in [-0.39, 0.29) is 4.90 Å². The molecule has 0 saturated heterocycles. The predicted molar refractivity (Wildman–Crippen MR) is 121 cm³/mol. The molecule has 0 unspecified atom stereocenters. The molecule has 0 fully saturated rings. The van der Waals surface area contributed by atoms with Crippen molar-refractivity contribution in [1.29, 1.82) is 0 Å². The summed E-state index contributed by atoms with van der Waals surface area (Å²) in [5.41, 5.74) is 4.94. The summed E-state index contributed by atoms with van der Waals surface area (Å²) in [5, 5.41) is 6.56. The van der Waals surface area contributed by atoms with Gasteiger partial charge in [-0.05, 0) is 62.2 Å². The van der Waals surface area contributed by atoms with Gasteiger partial charge in [-0.25, -0.2) is 0 Å². The van der Waals surface area contributed by atoms with Gasteiger partial charge in [-0.3, -0.25) is 0 Å². The lowest BCUT2D eigenvalue weighted by atomic mass is 9.98. The minimum atomic E-state index is -3.73. The fourth-order valence-corrected chi connectivity index (χ4v) is 3.72. The molecule has 3 aromatic carbocycles. The molecule has 0 heterocycles. The summed E-state index contributed by atoms with van der Waals surface area (Å²) in [5.74, 6) is 0. The average Bonchev–Trinajstić information content (AvgIpc) is 2.70. The van der Waals surface area contributed by atoms with Gasteiger partial charge < -0.3 is 0 Å². The molecular weight excluding hydrogens is 380 g/mol. The standard InChI is InChI=1S/C24H26N2O2S/c1-17(2)19(4)15-24(22-12-11-20-7-5-6-8-21(20)16-22)25-26-29(27,28)23-13-9-18(3)10-14-23/h5-14,16,26H,15H2,1-4H3/b25-24+. The van der Waals surface area contributed by atoms with E-state index in [0.717, 1.165) is 27.5 Å². The van der Waals surface area contributed by atoms with Gasteiger partial charge in [0.1, 0.15) is 0 Å². The quantitative estimate of drug-likeness (QED) is 0.330. The summed E-state index contributed by atoms with van der Waals surface area (Å²) in [4.78, 5) is 2.62. The van der Waals surface area contributed by atoms with Crippen LogP contribution in [0.25, 0.3) is 10.8 Å². The number of allylic oxidation sites excluding steroid dienone is 2. The Hall–Kier alpha value is -2.92. The van der Waals surface area contributed by atoms with E-state index in [0.29, 0.717) is 12.1 Å². The third-order valence-corrected chi connectivity index (χ3v) is 6.23. The zero-order valence-corrected chi connectivity index (χ0v) is 18.0. The van der Waals surface area contributed by atoms with Crippen molar-refractivity contribution in [3.05, 3.63) is 89.0 Å². The molecule has 0 aliphatic rings. The molecule has 0 atom stereocenters.